The number of halogens is 2. The molecular weight excluding hydrogens is 502 g/mol. The van der Waals surface area contributed by atoms with Crippen LogP contribution in [0.2, 0.25) is 18.1 Å². The number of likely N-dealkylation sites (N-methyl/N-ethyl adjacent to an activating group) is 1. The summed E-state index contributed by atoms with van der Waals surface area (Å²) >= 11 is 0. The van der Waals surface area contributed by atoms with Gasteiger partial charge in [0.1, 0.15) is 0 Å². The van der Waals surface area contributed by atoms with Crippen molar-refractivity contribution in [3.8, 4) is 0 Å². The summed E-state index contributed by atoms with van der Waals surface area (Å²) in [6, 6.07) is 1.62. The summed E-state index contributed by atoms with van der Waals surface area (Å²) in [5.74, 6) is -1.63. The number of aromatic nitrogens is 1. The first-order valence-corrected chi connectivity index (χ1v) is 17.1. The van der Waals surface area contributed by atoms with E-state index in [1.807, 2.05) is 11.8 Å². The molecule has 3 heterocycles. The Morgan fingerprint density at radius 3 is 2.29 bits per heavy atom. The van der Waals surface area contributed by atoms with E-state index in [2.05, 4.69) is 50.7 Å². The van der Waals surface area contributed by atoms with Crippen molar-refractivity contribution >= 4 is 24.9 Å². The molecule has 2 saturated heterocycles. The van der Waals surface area contributed by atoms with E-state index in [1.165, 1.54) is 0 Å². The molecule has 3 fully saturated rings. The molecule has 0 bridgehead atoms. The van der Waals surface area contributed by atoms with Gasteiger partial charge < -0.3 is 18.8 Å². The van der Waals surface area contributed by atoms with Gasteiger partial charge in [-0.05, 0) is 56.9 Å². The second kappa shape index (κ2) is 9.98. The zero-order valence-electron chi connectivity index (χ0n) is 24.2. The number of hydrogen-bond acceptors (Lipinski definition) is 5. The third kappa shape index (κ3) is 5.07. The van der Waals surface area contributed by atoms with Crippen molar-refractivity contribution in [2.24, 2.45) is 0 Å². The average molecular weight is 547 g/mol. The topological polar surface area (TPSA) is 41.0 Å². The highest BCUT2D eigenvalue weighted by Gasteiger charge is 2.41. The quantitative estimate of drug-likeness (QED) is 0.462. The Hall–Kier alpha value is -1.81. The molecule has 6 nitrogen and oxygen atoms in total. The van der Waals surface area contributed by atoms with Crippen LogP contribution in [0.4, 0.5) is 14.5 Å². The summed E-state index contributed by atoms with van der Waals surface area (Å²) in [6.45, 7) is 18.1. The van der Waals surface area contributed by atoms with E-state index >= 15 is 8.78 Å². The highest BCUT2D eigenvalue weighted by atomic mass is 28.4. The Morgan fingerprint density at radius 2 is 1.68 bits per heavy atom. The normalized spacial score (nSPS) is 22.1. The first-order chi connectivity index (χ1) is 17.8. The number of aryl methyl sites for hydroxylation is 1. The van der Waals surface area contributed by atoms with Gasteiger partial charge in [-0.15, -0.1) is 0 Å². The van der Waals surface area contributed by atoms with E-state index in [9.17, 15) is 4.79 Å². The predicted octanol–water partition coefficient (Wildman–Crippen LogP) is 5.27. The first-order valence-electron chi connectivity index (χ1n) is 14.2. The van der Waals surface area contributed by atoms with Crippen LogP contribution in [0.5, 0.6) is 0 Å². The van der Waals surface area contributed by atoms with E-state index in [0.29, 0.717) is 42.0 Å². The number of rotatable bonds is 6. The summed E-state index contributed by atoms with van der Waals surface area (Å²) in [5, 5.41) is 0.361. The number of nitrogens with zero attached hydrogens (tertiary/aromatic N) is 4. The molecular formula is C29H44F2N4O2Si. The summed E-state index contributed by atoms with van der Waals surface area (Å²) in [4.78, 5) is 19.8. The van der Waals surface area contributed by atoms with Gasteiger partial charge in [0.25, 0.3) is 5.56 Å². The first kappa shape index (κ1) is 27.7. The van der Waals surface area contributed by atoms with Crippen molar-refractivity contribution in [2.75, 3.05) is 51.2 Å². The molecule has 1 aromatic carbocycles. The maximum Gasteiger partial charge on any atom is 0.251 e. The fourth-order valence-electron chi connectivity index (χ4n) is 5.84. The molecule has 38 heavy (non-hydrogen) atoms. The Kier molecular flexibility index (Phi) is 7.29. The van der Waals surface area contributed by atoms with Crippen LogP contribution in [0.1, 0.15) is 57.2 Å². The number of pyridine rings is 1. The molecule has 2 aromatic rings. The molecule has 0 amide bonds. The number of piperazine rings is 1. The smallest absolute Gasteiger partial charge is 0.251 e. The van der Waals surface area contributed by atoms with Crippen molar-refractivity contribution < 1.29 is 13.2 Å². The minimum Gasteiger partial charge on any atom is -0.412 e. The van der Waals surface area contributed by atoms with Gasteiger partial charge in [-0.1, -0.05) is 20.8 Å². The van der Waals surface area contributed by atoms with Crippen molar-refractivity contribution in [2.45, 2.75) is 83.8 Å². The molecule has 1 saturated carbocycles. The SMILES string of the molecule is Cc1c(N2CC[C@H](O[Si](C)(C)C(C)(C)C)C2)c(F)c(F)c2c(CN3CCN(C)CC3)cc(=O)n(C3CC3)c12. The average Bonchev–Trinajstić information content (AvgIpc) is 3.57. The molecule has 210 valence electrons. The molecule has 0 radical (unpaired) electrons. The van der Waals surface area contributed by atoms with Crippen LogP contribution in [0.15, 0.2) is 10.9 Å². The maximum atomic E-state index is 16.1. The summed E-state index contributed by atoms with van der Waals surface area (Å²) in [5.41, 5.74) is 2.02. The number of fused-ring (bicyclic) bond motifs is 1. The minimum atomic E-state index is -1.99. The monoisotopic (exact) mass is 546 g/mol. The molecule has 1 aromatic heterocycles. The van der Waals surface area contributed by atoms with Crippen LogP contribution in [0, 0.1) is 18.6 Å². The second-order valence-corrected chi connectivity index (χ2v) is 18.0. The Morgan fingerprint density at radius 1 is 1.03 bits per heavy atom. The highest BCUT2D eigenvalue weighted by molar-refractivity contribution is 6.74. The van der Waals surface area contributed by atoms with Gasteiger partial charge >= 0.3 is 0 Å². The molecule has 0 N–H and O–H groups in total. The van der Waals surface area contributed by atoms with Crippen LogP contribution in [-0.4, -0.2) is 75.1 Å². The van der Waals surface area contributed by atoms with Gasteiger partial charge in [0.05, 0.1) is 17.3 Å². The molecule has 1 aliphatic carbocycles. The molecule has 3 aliphatic rings. The van der Waals surface area contributed by atoms with E-state index in [4.69, 9.17) is 4.43 Å². The van der Waals surface area contributed by atoms with Crippen molar-refractivity contribution in [3.63, 3.8) is 0 Å². The molecule has 1 atom stereocenters. The van der Waals surface area contributed by atoms with E-state index < -0.39 is 20.0 Å². The van der Waals surface area contributed by atoms with Crippen molar-refractivity contribution in [3.05, 3.63) is 39.2 Å². The van der Waals surface area contributed by atoms with Gasteiger partial charge in [-0.3, -0.25) is 9.69 Å². The fourth-order valence-corrected chi connectivity index (χ4v) is 7.22. The highest BCUT2D eigenvalue weighted by Crippen LogP contribution is 2.43. The summed E-state index contributed by atoms with van der Waals surface area (Å²) in [6.07, 6.45) is 2.56. The van der Waals surface area contributed by atoms with Crippen LogP contribution in [0.3, 0.4) is 0 Å². The van der Waals surface area contributed by atoms with E-state index in [1.54, 1.807) is 10.6 Å². The molecule has 5 rings (SSSR count). The third-order valence-corrected chi connectivity index (χ3v) is 13.8. The standard InChI is InChI=1S/C29H44F2N4O2Si/c1-19-27-24(20(16-23(36)35(27)21-8-9-21)17-33-14-12-32(5)13-15-33)25(30)26(31)28(19)34-11-10-22(18-34)37-38(6,7)29(2,3)4/h16,21-22H,8-15,17-18H2,1-7H3/t22-/m0/s1. The van der Waals surface area contributed by atoms with E-state index in [-0.39, 0.29) is 28.1 Å². The summed E-state index contributed by atoms with van der Waals surface area (Å²) in [7, 11) is 0.101. The molecule has 0 spiro atoms. The lowest BCUT2D eigenvalue weighted by molar-refractivity contribution is 0.148. The van der Waals surface area contributed by atoms with Gasteiger partial charge in [-0.25, -0.2) is 8.78 Å². The number of hydrogen-bond donors (Lipinski definition) is 0. The Bertz CT molecular complexity index is 1280. The number of benzene rings is 1. The third-order valence-electron chi connectivity index (χ3n) is 9.30. The van der Waals surface area contributed by atoms with E-state index in [0.717, 1.165) is 45.4 Å². The minimum absolute atomic E-state index is 0.0114. The second-order valence-electron chi connectivity index (χ2n) is 13.2. The predicted molar refractivity (Wildman–Crippen MR) is 153 cm³/mol. The Labute approximate surface area is 226 Å². The largest absolute Gasteiger partial charge is 0.412 e. The van der Waals surface area contributed by atoms with Crippen LogP contribution in [0.25, 0.3) is 10.9 Å². The lowest BCUT2D eigenvalue weighted by Gasteiger charge is -2.38. The van der Waals surface area contributed by atoms with Crippen LogP contribution < -0.4 is 10.5 Å². The summed E-state index contributed by atoms with van der Waals surface area (Å²) < 4.78 is 40.5. The Balaban J connectivity index is 1.55. The van der Waals surface area contributed by atoms with Crippen LogP contribution >= 0.6 is 0 Å². The zero-order valence-corrected chi connectivity index (χ0v) is 25.2. The zero-order chi connectivity index (χ0) is 27.6. The fraction of sp³-hybridized carbons (Fsp3) is 0.690. The molecule has 9 heteroatoms. The maximum absolute atomic E-state index is 16.1. The van der Waals surface area contributed by atoms with Gasteiger partial charge in [-0.2, -0.15) is 0 Å². The van der Waals surface area contributed by atoms with Gasteiger partial charge in [0, 0.05) is 68.9 Å². The van der Waals surface area contributed by atoms with Crippen molar-refractivity contribution in [1.82, 2.24) is 14.4 Å². The number of anilines is 1. The van der Waals surface area contributed by atoms with Crippen molar-refractivity contribution in [1.29, 1.82) is 0 Å². The van der Waals surface area contributed by atoms with Gasteiger partial charge in [0.15, 0.2) is 20.0 Å². The molecule has 0 unspecified atom stereocenters. The lowest BCUT2D eigenvalue weighted by Crippen LogP contribution is -2.44. The molecule has 2 aliphatic heterocycles. The lowest BCUT2D eigenvalue weighted by atomic mass is 10.0. The van der Waals surface area contributed by atoms with Gasteiger partial charge in [0.2, 0.25) is 0 Å². The van der Waals surface area contributed by atoms with Crippen LogP contribution in [-0.2, 0) is 11.0 Å².